The normalized spacial score (nSPS) is 11.5. The zero-order chi connectivity index (χ0) is 22.8. The molecule has 9 heteroatoms. The lowest BCUT2D eigenvalue weighted by molar-refractivity contribution is -0.154. The van der Waals surface area contributed by atoms with Gasteiger partial charge in [-0.2, -0.15) is 0 Å². The van der Waals surface area contributed by atoms with E-state index < -0.39 is 18.0 Å². The largest absolute Gasteiger partial charge is 0.493 e. The van der Waals surface area contributed by atoms with E-state index in [0.717, 1.165) is 18.4 Å². The molecule has 1 heterocycles. The molecule has 0 saturated carbocycles. The maximum atomic E-state index is 12.6. The highest BCUT2D eigenvalue weighted by Gasteiger charge is 2.24. The van der Waals surface area contributed by atoms with Crippen LogP contribution in [0.25, 0.3) is 0 Å². The van der Waals surface area contributed by atoms with Gasteiger partial charge in [0.1, 0.15) is 5.76 Å². The van der Waals surface area contributed by atoms with E-state index in [1.807, 2.05) is 6.92 Å². The second-order valence-corrected chi connectivity index (χ2v) is 6.97. The number of benzene rings is 1. The Balaban J connectivity index is 2.01. The van der Waals surface area contributed by atoms with Gasteiger partial charge in [-0.05, 0) is 43.9 Å². The number of carbonyl (C=O) groups is 2. The van der Waals surface area contributed by atoms with Crippen LogP contribution in [-0.2, 0) is 20.7 Å². The number of methoxy groups -OCH3 is 3. The molecule has 31 heavy (non-hydrogen) atoms. The molecule has 1 unspecified atom stereocenters. The molecule has 1 amide bonds. The molecule has 2 rings (SSSR count). The third-order valence-electron chi connectivity index (χ3n) is 4.61. The summed E-state index contributed by atoms with van der Waals surface area (Å²) in [6.45, 7) is 3.72. The Labute approximate surface area is 182 Å². The summed E-state index contributed by atoms with van der Waals surface area (Å²) < 4.78 is 26.4. The first kappa shape index (κ1) is 24.0. The van der Waals surface area contributed by atoms with Gasteiger partial charge < -0.3 is 28.8 Å². The summed E-state index contributed by atoms with van der Waals surface area (Å²) >= 11 is 0. The fourth-order valence-corrected chi connectivity index (χ4v) is 3.01. The molecule has 0 radical (unpaired) electrons. The number of anilines is 1. The summed E-state index contributed by atoms with van der Waals surface area (Å²) in [6, 6.07) is 5.16. The van der Waals surface area contributed by atoms with Gasteiger partial charge in [-0.15, -0.1) is 0 Å². The van der Waals surface area contributed by atoms with Crippen molar-refractivity contribution in [3.05, 3.63) is 29.5 Å². The summed E-state index contributed by atoms with van der Waals surface area (Å²) in [5.74, 6) is 1.46. The molecule has 170 valence electrons. The Kier molecular flexibility index (Phi) is 9.17. The lowest BCUT2D eigenvalue weighted by atomic mass is 10.1. The van der Waals surface area contributed by atoms with E-state index in [0.29, 0.717) is 35.9 Å². The fraction of sp³-hybridized carbons (Fsp3) is 0.500. The molecule has 0 aliphatic heterocycles. The molecular weight excluding hydrogens is 404 g/mol. The molecule has 0 spiro atoms. The predicted octanol–water partition coefficient (Wildman–Crippen LogP) is 3.68. The zero-order valence-corrected chi connectivity index (χ0v) is 18.6. The predicted molar refractivity (Wildman–Crippen MR) is 114 cm³/mol. The summed E-state index contributed by atoms with van der Waals surface area (Å²) in [4.78, 5) is 25.0. The van der Waals surface area contributed by atoms with Crippen LogP contribution in [0, 0.1) is 6.92 Å². The number of aromatic nitrogens is 1. The van der Waals surface area contributed by atoms with Crippen LogP contribution in [0.4, 0.5) is 5.82 Å². The van der Waals surface area contributed by atoms with Crippen molar-refractivity contribution in [2.75, 3.05) is 26.6 Å². The van der Waals surface area contributed by atoms with Crippen LogP contribution in [0.3, 0.4) is 0 Å². The number of esters is 1. The average Bonchev–Trinajstić information content (AvgIpc) is 3.18. The third kappa shape index (κ3) is 6.91. The number of amides is 1. The van der Waals surface area contributed by atoms with Gasteiger partial charge >= 0.3 is 5.97 Å². The van der Waals surface area contributed by atoms with E-state index in [-0.39, 0.29) is 12.2 Å². The van der Waals surface area contributed by atoms with Gasteiger partial charge in [0.25, 0.3) is 5.91 Å². The van der Waals surface area contributed by atoms with Crippen molar-refractivity contribution in [3.8, 4) is 17.2 Å². The molecule has 1 N–H and O–H groups in total. The standard InChI is InChI=1S/C22H30N2O7/c1-6-7-8-16(22(26)23-19-11-14(2)31-24-19)30-20(25)10-9-15-12-17(27-3)21(29-5)18(13-15)28-4/h11-13,16H,6-10H2,1-5H3,(H,23,24,26). The molecule has 0 fully saturated rings. The van der Waals surface area contributed by atoms with Crippen molar-refractivity contribution in [1.29, 1.82) is 0 Å². The number of unbranched alkanes of at least 4 members (excludes halogenated alkanes) is 1. The van der Waals surface area contributed by atoms with Crippen molar-refractivity contribution < 1.29 is 33.1 Å². The number of carbonyl (C=O) groups excluding carboxylic acids is 2. The molecule has 1 aromatic heterocycles. The van der Waals surface area contributed by atoms with Crippen LogP contribution in [0.15, 0.2) is 22.7 Å². The van der Waals surface area contributed by atoms with Gasteiger partial charge in [0.2, 0.25) is 5.75 Å². The Bertz CT molecular complexity index is 853. The highest BCUT2D eigenvalue weighted by Crippen LogP contribution is 2.38. The number of rotatable bonds is 12. The van der Waals surface area contributed by atoms with Crippen molar-refractivity contribution in [3.63, 3.8) is 0 Å². The van der Waals surface area contributed by atoms with Crippen LogP contribution in [-0.4, -0.2) is 44.5 Å². The van der Waals surface area contributed by atoms with Crippen molar-refractivity contribution >= 4 is 17.7 Å². The lowest BCUT2D eigenvalue weighted by Crippen LogP contribution is -2.32. The summed E-state index contributed by atoms with van der Waals surface area (Å²) in [7, 11) is 4.59. The van der Waals surface area contributed by atoms with Crippen LogP contribution in [0.1, 0.15) is 43.9 Å². The fourth-order valence-electron chi connectivity index (χ4n) is 3.01. The van der Waals surface area contributed by atoms with Crippen molar-refractivity contribution in [1.82, 2.24) is 5.16 Å². The molecule has 2 aromatic rings. The highest BCUT2D eigenvalue weighted by atomic mass is 16.5. The Hall–Kier alpha value is -3.23. The summed E-state index contributed by atoms with van der Waals surface area (Å²) in [5, 5.41) is 6.36. The minimum Gasteiger partial charge on any atom is -0.493 e. The Morgan fingerprint density at radius 1 is 1.10 bits per heavy atom. The minimum atomic E-state index is -0.899. The van der Waals surface area contributed by atoms with Gasteiger partial charge in [0, 0.05) is 12.5 Å². The summed E-state index contributed by atoms with van der Waals surface area (Å²) in [5.41, 5.74) is 0.819. The van der Waals surface area contributed by atoms with Gasteiger partial charge in [0.15, 0.2) is 23.4 Å². The number of nitrogens with one attached hydrogen (secondary N) is 1. The Morgan fingerprint density at radius 2 is 1.77 bits per heavy atom. The molecule has 1 atom stereocenters. The van der Waals surface area contributed by atoms with Crippen LogP contribution in [0.5, 0.6) is 17.2 Å². The molecule has 9 nitrogen and oxygen atoms in total. The molecule has 0 bridgehead atoms. The number of ether oxygens (including phenoxy) is 4. The monoisotopic (exact) mass is 434 g/mol. The molecule has 0 saturated heterocycles. The van der Waals surface area contributed by atoms with Crippen LogP contribution in [0.2, 0.25) is 0 Å². The van der Waals surface area contributed by atoms with E-state index in [1.54, 1.807) is 25.1 Å². The van der Waals surface area contributed by atoms with Crippen LogP contribution >= 0.6 is 0 Å². The van der Waals surface area contributed by atoms with Crippen molar-refractivity contribution in [2.24, 2.45) is 0 Å². The van der Waals surface area contributed by atoms with Gasteiger partial charge in [-0.25, -0.2) is 0 Å². The molecule has 0 aliphatic carbocycles. The second-order valence-electron chi connectivity index (χ2n) is 6.97. The average molecular weight is 434 g/mol. The number of hydrogen-bond donors (Lipinski definition) is 1. The van der Waals surface area contributed by atoms with E-state index in [4.69, 9.17) is 23.5 Å². The Morgan fingerprint density at radius 3 is 2.29 bits per heavy atom. The molecule has 0 aliphatic rings. The number of hydrogen-bond acceptors (Lipinski definition) is 8. The first-order valence-electron chi connectivity index (χ1n) is 10.1. The van der Waals surface area contributed by atoms with E-state index >= 15 is 0 Å². The maximum absolute atomic E-state index is 12.6. The van der Waals surface area contributed by atoms with Gasteiger partial charge in [-0.1, -0.05) is 18.5 Å². The SMILES string of the molecule is CCCCC(OC(=O)CCc1cc(OC)c(OC)c(OC)c1)C(=O)Nc1cc(C)on1. The second kappa shape index (κ2) is 11.8. The first-order chi connectivity index (χ1) is 14.9. The van der Waals surface area contributed by atoms with E-state index in [2.05, 4.69) is 10.5 Å². The minimum absolute atomic E-state index is 0.0949. The molecule has 1 aromatic carbocycles. The quantitative estimate of drug-likeness (QED) is 0.504. The van der Waals surface area contributed by atoms with Crippen molar-refractivity contribution in [2.45, 2.75) is 52.1 Å². The summed E-state index contributed by atoms with van der Waals surface area (Å²) in [6.07, 6.45) is 1.63. The highest BCUT2D eigenvalue weighted by molar-refractivity contribution is 5.94. The first-order valence-corrected chi connectivity index (χ1v) is 10.1. The van der Waals surface area contributed by atoms with Gasteiger partial charge in [0.05, 0.1) is 21.3 Å². The van der Waals surface area contributed by atoms with Gasteiger partial charge in [-0.3, -0.25) is 9.59 Å². The van der Waals surface area contributed by atoms with Crippen LogP contribution < -0.4 is 19.5 Å². The lowest BCUT2D eigenvalue weighted by Gasteiger charge is -2.17. The number of aryl methyl sites for hydroxylation is 2. The smallest absolute Gasteiger partial charge is 0.306 e. The topological polar surface area (TPSA) is 109 Å². The zero-order valence-electron chi connectivity index (χ0n) is 18.6. The third-order valence-corrected chi connectivity index (χ3v) is 4.61. The number of nitrogens with zero attached hydrogens (tertiary/aromatic N) is 1. The maximum Gasteiger partial charge on any atom is 0.306 e. The molecular formula is C22H30N2O7. The van der Waals surface area contributed by atoms with E-state index in [9.17, 15) is 9.59 Å². The van der Waals surface area contributed by atoms with E-state index in [1.165, 1.54) is 21.3 Å².